The highest BCUT2D eigenvalue weighted by atomic mass is 15.3. The maximum Gasteiger partial charge on any atom is 0.0828 e. The fraction of sp³-hybridized carbons (Fsp3) is 0.833. The van der Waals surface area contributed by atoms with Crippen LogP contribution >= 0.6 is 0 Å². The number of hydrogen-bond acceptors (Lipinski definition) is 2. The van der Waals surface area contributed by atoms with Gasteiger partial charge in [-0.15, -0.1) is 0 Å². The van der Waals surface area contributed by atoms with Crippen LogP contribution in [0.5, 0.6) is 0 Å². The molecule has 1 aromatic heterocycles. The van der Waals surface area contributed by atoms with E-state index in [0.29, 0.717) is 22.9 Å². The van der Waals surface area contributed by atoms with Crippen molar-refractivity contribution in [3.8, 4) is 0 Å². The van der Waals surface area contributed by atoms with Crippen LogP contribution < -0.4 is 5.32 Å². The highest BCUT2D eigenvalue weighted by molar-refractivity contribution is 5.54. The Morgan fingerprint density at radius 2 is 1.90 bits per heavy atom. The number of rotatable bonds is 3. The summed E-state index contributed by atoms with van der Waals surface area (Å²) in [5.41, 5.74) is 4.58. The molecule has 3 rings (SSSR count). The van der Waals surface area contributed by atoms with Crippen molar-refractivity contribution in [3.63, 3.8) is 0 Å². The fourth-order valence-corrected chi connectivity index (χ4v) is 4.97. The minimum Gasteiger partial charge on any atom is -0.379 e. The molecule has 0 saturated heterocycles. The summed E-state index contributed by atoms with van der Waals surface area (Å²) in [6.45, 7) is 16.2. The van der Waals surface area contributed by atoms with Gasteiger partial charge < -0.3 is 5.32 Å². The van der Waals surface area contributed by atoms with Crippen LogP contribution in [-0.4, -0.2) is 15.8 Å². The summed E-state index contributed by atoms with van der Waals surface area (Å²) in [6.07, 6.45) is 4.08. The van der Waals surface area contributed by atoms with Gasteiger partial charge >= 0.3 is 0 Å². The van der Waals surface area contributed by atoms with Gasteiger partial charge in [-0.25, -0.2) is 0 Å². The normalized spacial score (nSPS) is 33.9. The molecule has 2 bridgehead atoms. The summed E-state index contributed by atoms with van der Waals surface area (Å²) in [7, 11) is 0. The van der Waals surface area contributed by atoms with Gasteiger partial charge in [0.15, 0.2) is 0 Å². The molecular weight excluding hydrogens is 258 g/mol. The molecule has 21 heavy (non-hydrogen) atoms. The Bertz CT molecular complexity index is 555. The van der Waals surface area contributed by atoms with Crippen molar-refractivity contribution >= 4 is 5.69 Å². The molecule has 3 nitrogen and oxygen atoms in total. The second-order valence-corrected chi connectivity index (χ2v) is 8.39. The Morgan fingerprint density at radius 3 is 2.33 bits per heavy atom. The zero-order chi connectivity index (χ0) is 15.6. The van der Waals surface area contributed by atoms with E-state index in [1.165, 1.54) is 30.6 Å². The predicted molar refractivity (Wildman–Crippen MR) is 88.7 cm³/mol. The molecule has 2 aliphatic rings. The first-order valence-corrected chi connectivity index (χ1v) is 8.50. The van der Waals surface area contributed by atoms with Crippen LogP contribution in [0.1, 0.15) is 71.3 Å². The first-order valence-electron chi connectivity index (χ1n) is 8.50. The van der Waals surface area contributed by atoms with Crippen LogP contribution in [0.3, 0.4) is 0 Å². The predicted octanol–water partition coefficient (Wildman–Crippen LogP) is 4.71. The third kappa shape index (κ3) is 1.89. The van der Waals surface area contributed by atoms with Gasteiger partial charge in [-0.05, 0) is 63.7 Å². The van der Waals surface area contributed by atoms with Gasteiger partial charge in [0.25, 0.3) is 0 Å². The molecule has 1 N–H and O–H groups in total. The van der Waals surface area contributed by atoms with Crippen molar-refractivity contribution in [1.82, 2.24) is 9.78 Å². The third-order valence-electron chi connectivity index (χ3n) is 6.93. The molecule has 0 radical (unpaired) electrons. The van der Waals surface area contributed by atoms with Gasteiger partial charge in [-0.3, -0.25) is 4.68 Å². The molecule has 118 valence electrons. The number of aromatic nitrogens is 2. The molecule has 3 heteroatoms. The molecule has 0 aromatic carbocycles. The molecular formula is C18H31N3. The van der Waals surface area contributed by atoms with E-state index in [1.807, 2.05) is 0 Å². The molecule has 3 atom stereocenters. The van der Waals surface area contributed by atoms with Gasteiger partial charge in [0, 0.05) is 12.1 Å². The second kappa shape index (κ2) is 4.50. The maximum atomic E-state index is 4.73. The molecule has 1 aromatic rings. The Hall–Kier alpha value is -0.990. The van der Waals surface area contributed by atoms with Crippen molar-refractivity contribution in [3.05, 3.63) is 11.4 Å². The van der Waals surface area contributed by atoms with Crippen LogP contribution in [0.4, 0.5) is 5.69 Å². The van der Waals surface area contributed by atoms with E-state index in [9.17, 15) is 0 Å². The molecule has 2 aliphatic carbocycles. The van der Waals surface area contributed by atoms with E-state index in [2.05, 4.69) is 58.5 Å². The third-order valence-corrected chi connectivity index (χ3v) is 6.93. The van der Waals surface area contributed by atoms with Gasteiger partial charge in [0.05, 0.1) is 17.1 Å². The smallest absolute Gasteiger partial charge is 0.0828 e. The number of hydrogen-bond donors (Lipinski definition) is 1. The van der Waals surface area contributed by atoms with Crippen LogP contribution in [0, 0.1) is 30.6 Å². The number of nitrogens with one attached hydrogen (secondary N) is 1. The van der Waals surface area contributed by atoms with Crippen molar-refractivity contribution < 1.29 is 0 Å². The summed E-state index contributed by atoms with van der Waals surface area (Å²) in [6, 6.07) is 1.01. The lowest BCUT2D eigenvalue weighted by Gasteiger charge is -2.40. The van der Waals surface area contributed by atoms with Gasteiger partial charge in [0.1, 0.15) is 0 Å². The van der Waals surface area contributed by atoms with Crippen molar-refractivity contribution in [2.75, 3.05) is 5.32 Å². The molecule has 0 spiro atoms. The van der Waals surface area contributed by atoms with Crippen LogP contribution in [0.15, 0.2) is 0 Å². The second-order valence-electron chi connectivity index (χ2n) is 8.39. The first kappa shape index (κ1) is 14.9. The van der Waals surface area contributed by atoms with E-state index in [-0.39, 0.29) is 0 Å². The van der Waals surface area contributed by atoms with E-state index < -0.39 is 0 Å². The number of anilines is 1. The van der Waals surface area contributed by atoms with Crippen LogP contribution in [0.2, 0.25) is 0 Å². The molecule has 1 heterocycles. The summed E-state index contributed by atoms with van der Waals surface area (Å²) >= 11 is 0. The molecule has 3 unspecified atom stereocenters. The number of fused-ring (bicyclic) bond motifs is 2. The molecule has 0 aliphatic heterocycles. The summed E-state index contributed by atoms with van der Waals surface area (Å²) in [4.78, 5) is 0. The minimum atomic E-state index is 0.413. The minimum absolute atomic E-state index is 0.413. The maximum absolute atomic E-state index is 4.73. The fourth-order valence-electron chi connectivity index (χ4n) is 4.97. The quantitative estimate of drug-likeness (QED) is 0.873. The van der Waals surface area contributed by atoms with Crippen molar-refractivity contribution in [2.45, 2.75) is 79.8 Å². The van der Waals surface area contributed by atoms with E-state index >= 15 is 0 Å². The first-order chi connectivity index (χ1) is 9.68. The number of aryl methyl sites for hydroxylation is 1. The van der Waals surface area contributed by atoms with Gasteiger partial charge in [-0.1, -0.05) is 20.8 Å². The Balaban J connectivity index is 1.89. The van der Waals surface area contributed by atoms with E-state index in [4.69, 9.17) is 5.10 Å². The standard InChI is InChI=1S/C18H31N3/c1-11(2)21-13(4)16(12(3)20-21)19-15-10-14-8-9-18(15,7)17(14,5)6/h11,14-15,19H,8-10H2,1-7H3. The Morgan fingerprint density at radius 1 is 1.24 bits per heavy atom. The van der Waals surface area contributed by atoms with E-state index in [0.717, 1.165) is 11.6 Å². The van der Waals surface area contributed by atoms with Gasteiger partial charge in [-0.2, -0.15) is 5.10 Å². The number of nitrogens with zero attached hydrogens (tertiary/aromatic N) is 2. The lowest BCUT2D eigenvalue weighted by atomic mass is 9.69. The average Bonchev–Trinajstić information content (AvgIpc) is 2.87. The highest BCUT2D eigenvalue weighted by Crippen LogP contribution is 2.66. The summed E-state index contributed by atoms with van der Waals surface area (Å²) in [5, 5.41) is 8.62. The van der Waals surface area contributed by atoms with Crippen LogP contribution in [-0.2, 0) is 0 Å². The van der Waals surface area contributed by atoms with Crippen molar-refractivity contribution in [1.29, 1.82) is 0 Å². The topological polar surface area (TPSA) is 29.9 Å². The molecule has 2 saturated carbocycles. The summed E-state index contributed by atoms with van der Waals surface area (Å²) in [5.74, 6) is 0.876. The Labute approximate surface area is 129 Å². The lowest BCUT2D eigenvalue weighted by Crippen LogP contribution is -2.40. The monoisotopic (exact) mass is 289 g/mol. The van der Waals surface area contributed by atoms with Crippen LogP contribution in [0.25, 0.3) is 0 Å². The van der Waals surface area contributed by atoms with E-state index in [1.54, 1.807) is 0 Å². The molecule has 2 fully saturated rings. The zero-order valence-electron chi connectivity index (χ0n) is 14.7. The highest BCUT2D eigenvalue weighted by Gasteiger charge is 2.61. The SMILES string of the molecule is Cc1nn(C(C)C)c(C)c1NC1CC2CCC1(C)C2(C)C. The largest absolute Gasteiger partial charge is 0.379 e. The molecule has 0 amide bonds. The van der Waals surface area contributed by atoms with Gasteiger partial charge in [0.2, 0.25) is 0 Å². The average molecular weight is 289 g/mol. The Kier molecular flexibility index (Phi) is 3.20. The van der Waals surface area contributed by atoms with Crippen molar-refractivity contribution in [2.24, 2.45) is 16.7 Å². The zero-order valence-corrected chi connectivity index (χ0v) is 14.7. The summed E-state index contributed by atoms with van der Waals surface area (Å²) < 4.78 is 2.15. The lowest BCUT2D eigenvalue weighted by molar-refractivity contribution is 0.142.